The first kappa shape index (κ1) is 28.6. The van der Waals surface area contributed by atoms with Crippen LogP contribution in [0.25, 0.3) is 61.9 Å². The molecule has 2 atom stereocenters. The van der Waals surface area contributed by atoms with E-state index in [4.69, 9.17) is 9.97 Å². The van der Waals surface area contributed by atoms with Gasteiger partial charge in [-0.2, -0.15) is 0 Å². The van der Waals surface area contributed by atoms with Crippen molar-refractivity contribution >= 4 is 17.0 Å². The Labute approximate surface area is 292 Å². The van der Waals surface area contributed by atoms with Crippen molar-refractivity contribution in [2.24, 2.45) is 0 Å². The molecule has 0 spiro atoms. The van der Waals surface area contributed by atoms with Crippen LogP contribution in [0.3, 0.4) is 0 Å². The van der Waals surface area contributed by atoms with Crippen LogP contribution in [0.1, 0.15) is 45.2 Å². The van der Waals surface area contributed by atoms with Crippen LogP contribution < -0.4 is 0 Å². The van der Waals surface area contributed by atoms with Crippen molar-refractivity contribution in [3.63, 3.8) is 0 Å². The Balaban J connectivity index is 1.08. The van der Waals surface area contributed by atoms with E-state index in [0.717, 1.165) is 39.1 Å². The number of aromatic nitrogens is 2. The van der Waals surface area contributed by atoms with E-state index in [1.807, 2.05) is 0 Å². The summed E-state index contributed by atoms with van der Waals surface area (Å²) >= 11 is 0. The van der Waals surface area contributed by atoms with Crippen LogP contribution >= 0.6 is 0 Å². The van der Waals surface area contributed by atoms with Crippen molar-refractivity contribution in [2.75, 3.05) is 0 Å². The first-order chi connectivity index (χ1) is 24.8. The SMILES string of the molecule is C1=CC(c2ccccc2)c2c1ccc1c2-c2ccccc2C1c1ccc(-c2nc(-c3ccccc3-c3ccccc3)c3ccccc3n2)cc1. The predicted octanol–water partition coefficient (Wildman–Crippen LogP) is 12.0. The molecule has 7 aromatic carbocycles. The van der Waals surface area contributed by atoms with Gasteiger partial charge < -0.3 is 0 Å². The lowest BCUT2D eigenvalue weighted by Gasteiger charge is -2.19. The second kappa shape index (κ2) is 11.6. The summed E-state index contributed by atoms with van der Waals surface area (Å²) in [6.45, 7) is 0. The predicted molar refractivity (Wildman–Crippen MR) is 206 cm³/mol. The van der Waals surface area contributed by atoms with E-state index in [1.165, 1.54) is 50.1 Å². The van der Waals surface area contributed by atoms with Crippen molar-refractivity contribution in [2.45, 2.75) is 11.8 Å². The van der Waals surface area contributed by atoms with Gasteiger partial charge in [0.25, 0.3) is 0 Å². The summed E-state index contributed by atoms with van der Waals surface area (Å²) in [5.41, 5.74) is 17.2. The van der Waals surface area contributed by atoms with Gasteiger partial charge in [-0.05, 0) is 61.7 Å². The highest BCUT2D eigenvalue weighted by Crippen LogP contribution is 2.54. The third-order valence-corrected chi connectivity index (χ3v) is 10.5. The van der Waals surface area contributed by atoms with E-state index < -0.39 is 0 Å². The van der Waals surface area contributed by atoms with Crippen molar-refractivity contribution in [1.82, 2.24) is 9.97 Å². The van der Waals surface area contributed by atoms with Gasteiger partial charge >= 0.3 is 0 Å². The van der Waals surface area contributed by atoms with Crippen LogP contribution in [0.15, 0.2) is 176 Å². The number of allylic oxidation sites excluding steroid dienone is 1. The molecule has 0 aliphatic heterocycles. The average Bonchev–Trinajstić information content (AvgIpc) is 3.78. The monoisotopic (exact) mass is 636 g/mol. The molecular formula is C48H32N2. The number of hydrogen-bond acceptors (Lipinski definition) is 2. The van der Waals surface area contributed by atoms with Gasteiger partial charge in [0.2, 0.25) is 0 Å². The summed E-state index contributed by atoms with van der Waals surface area (Å²) in [6, 6.07) is 60.9. The zero-order chi connectivity index (χ0) is 33.0. The lowest BCUT2D eigenvalue weighted by molar-refractivity contribution is 1.00. The van der Waals surface area contributed by atoms with E-state index in [2.05, 4.69) is 182 Å². The maximum absolute atomic E-state index is 5.29. The van der Waals surface area contributed by atoms with Crippen LogP contribution in [0, 0.1) is 0 Å². The molecule has 0 radical (unpaired) electrons. The number of hydrogen-bond donors (Lipinski definition) is 0. The van der Waals surface area contributed by atoms with Crippen LogP contribution in [-0.2, 0) is 0 Å². The molecule has 0 fully saturated rings. The second-order valence-corrected chi connectivity index (χ2v) is 13.2. The summed E-state index contributed by atoms with van der Waals surface area (Å²) < 4.78 is 0. The molecule has 2 heteroatoms. The van der Waals surface area contributed by atoms with Crippen LogP contribution in [0.4, 0.5) is 0 Å². The molecule has 234 valence electrons. The van der Waals surface area contributed by atoms with E-state index >= 15 is 0 Å². The number of para-hydroxylation sites is 1. The fourth-order valence-corrected chi connectivity index (χ4v) is 8.21. The highest BCUT2D eigenvalue weighted by atomic mass is 14.9. The lowest BCUT2D eigenvalue weighted by atomic mass is 9.84. The Hall–Kier alpha value is -6.38. The molecule has 50 heavy (non-hydrogen) atoms. The summed E-state index contributed by atoms with van der Waals surface area (Å²) in [4.78, 5) is 10.4. The minimum atomic E-state index is 0.156. The number of fused-ring (bicyclic) bond motifs is 6. The Morgan fingerprint density at radius 2 is 1.12 bits per heavy atom. The molecule has 2 aliphatic carbocycles. The third-order valence-electron chi connectivity index (χ3n) is 10.5. The molecule has 1 aromatic heterocycles. The smallest absolute Gasteiger partial charge is 0.160 e. The Kier molecular flexibility index (Phi) is 6.67. The first-order valence-corrected chi connectivity index (χ1v) is 17.3. The zero-order valence-corrected chi connectivity index (χ0v) is 27.4. The molecule has 0 N–H and O–H groups in total. The topological polar surface area (TPSA) is 25.8 Å². The molecule has 2 unspecified atom stereocenters. The van der Waals surface area contributed by atoms with Crippen LogP contribution in [0.2, 0.25) is 0 Å². The first-order valence-electron chi connectivity index (χ1n) is 17.3. The highest BCUT2D eigenvalue weighted by molar-refractivity contribution is 5.98. The van der Waals surface area contributed by atoms with E-state index in [1.54, 1.807) is 0 Å². The molecular weight excluding hydrogens is 605 g/mol. The molecule has 0 bridgehead atoms. The summed E-state index contributed by atoms with van der Waals surface area (Å²) in [6.07, 6.45) is 4.66. The third kappa shape index (κ3) is 4.57. The lowest BCUT2D eigenvalue weighted by Crippen LogP contribution is -2.02. The normalized spacial score (nSPS) is 15.5. The zero-order valence-electron chi connectivity index (χ0n) is 27.4. The van der Waals surface area contributed by atoms with Gasteiger partial charge in [0.1, 0.15) is 0 Å². The van der Waals surface area contributed by atoms with Crippen molar-refractivity contribution in [1.29, 1.82) is 0 Å². The largest absolute Gasteiger partial charge is 0.228 e. The maximum atomic E-state index is 5.29. The van der Waals surface area contributed by atoms with Gasteiger partial charge in [-0.25, -0.2) is 9.97 Å². The van der Waals surface area contributed by atoms with Crippen molar-refractivity contribution in [3.05, 3.63) is 209 Å². The summed E-state index contributed by atoms with van der Waals surface area (Å²) in [5.74, 6) is 1.14. The van der Waals surface area contributed by atoms with Crippen LogP contribution in [0.5, 0.6) is 0 Å². The number of benzene rings is 7. The molecule has 0 saturated carbocycles. The summed E-state index contributed by atoms with van der Waals surface area (Å²) in [5, 5.41) is 1.05. The van der Waals surface area contributed by atoms with Gasteiger partial charge in [0.15, 0.2) is 5.82 Å². The van der Waals surface area contributed by atoms with E-state index in [0.29, 0.717) is 0 Å². The molecule has 2 nitrogen and oxygen atoms in total. The molecule has 0 saturated heterocycles. The van der Waals surface area contributed by atoms with Crippen molar-refractivity contribution < 1.29 is 0 Å². The fraction of sp³-hybridized carbons (Fsp3) is 0.0417. The van der Waals surface area contributed by atoms with Gasteiger partial charge in [-0.1, -0.05) is 176 Å². The fourth-order valence-electron chi connectivity index (χ4n) is 8.21. The maximum Gasteiger partial charge on any atom is 0.160 e. The molecule has 8 aromatic rings. The molecule has 1 heterocycles. The minimum Gasteiger partial charge on any atom is -0.228 e. The average molecular weight is 637 g/mol. The second-order valence-electron chi connectivity index (χ2n) is 13.2. The molecule has 10 rings (SSSR count). The van der Waals surface area contributed by atoms with Gasteiger partial charge in [-0.3, -0.25) is 0 Å². The quantitative estimate of drug-likeness (QED) is 0.188. The number of rotatable bonds is 5. The Morgan fingerprint density at radius 1 is 0.440 bits per heavy atom. The summed E-state index contributed by atoms with van der Waals surface area (Å²) in [7, 11) is 0. The van der Waals surface area contributed by atoms with Gasteiger partial charge in [-0.15, -0.1) is 0 Å². The Morgan fingerprint density at radius 3 is 1.94 bits per heavy atom. The standard InChI is InChI=1S/C48H32N2/c1-3-13-31(14-4-1)36-17-7-10-20-40(36)47-41-21-11-12-22-43(41)49-48(50-47)35-25-23-33(24-26-35)44-38-18-8-9-19-39(38)46-42(44)30-28-34-27-29-37(45(34)46)32-15-5-2-6-16-32/h1-30,37,44H. The molecule has 0 amide bonds. The van der Waals surface area contributed by atoms with E-state index in [9.17, 15) is 0 Å². The minimum absolute atomic E-state index is 0.156. The van der Waals surface area contributed by atoms with Crippen molar-refractivity contribution in [3.8, 4) is 44.9 Å². The van der Waals surface area contributed by atoms with Crippen LogP contribution in [-0.4, -0.2) is 9.97 Å². The Bertz CT molecular complexity index is 2580. The van der Waals surface area contributed by atoms with Gasteiger partial charge in [0.05, 0.1) is 11.2 Å². The number of nitrogens with zero attached hydrogens (tertiary/aromatic N) is 2. The molecule has 2 aliphatic rings. The highest BCUT2D eigenvalue weighted by Gasteiger charge is 2.35. The van der Waals surface area contributed by atoms with Gasteiger partial charge in [0, 0.05) is 28.3 Å². The van der Waals surface area contributed by atoms with E-state index in [-0.39, 0.29) is 11.8 Å².